The van der Waals surface area contributed by atoms with Gasteiger partial charge in [0.2, 0.25) is 0 Å². The molecule has 0 nitrogen and oxygen atoms in total. The number of hydrogen-bond acceptors (Lipinski definition) is 0. The summed E-state index contributed by atoms with van der Waals surface area (Å²) in [4.78, 5) is 0. The normalized spacial score (nSPS) is 9.77. The summed E-state index contributed by atoms with van der Waals surface area (Å²) in [5, 5.41) is 0. The standard InChI is InChI=1S/C11H15.HI.Mg/c1-9-7-5-6-8-10(9)11(2,3)4;;/h5-8H,1H2,2-4H3;1H;/q-1;;+2/p-1. The molecule has 0 aliphatic rings. The Labute approximate surface area is 115 Å². The van der Waals surface area contributed by atoms with Gasteiger partial charge >= 0.3 is 23.1 Å². The number of benzene rings is 1. The predicted molar refractivity (Wildman–Crippen MR) is 55.4 cm³/mol. The third kappa shape index (κ3) is 4.56. The van der Waals surface area contributed by atoms with E-state index < -0.39 is 0 Å². The van der Waals surface area contributed by atoms with Crippen LogP contribution in [0.15, 0.2) is 24.3 Å². The van der Waals surface area contributed by atoms with Gasteiger partial charge in [0.25, 0.3) is 0 Å². The van der Waals surface area contributed by atoms with Gasteiger partial charge in [-0.05, 0) is 0 Å². The van der Waals surface area contributed by atoms with Gasteiger partial charge in [-0.2, -0.15) is 18.6 Å². The van der Waals surface area contributed by atoms with Crippen LogP contribution in [0.4, 0.5) is 0 Å². The second kappa shape index (κ2) is 6.14. The summed E-state index contributed by atoms with van der Waals surface area (Å²) in [6.45, 7) is 10.6. The van der Waals surface area contributed by atoms with E-state index in [2.05, 4.69) is 45.9 Å². The Morgan fingerprint density at radius 1 is 1.08 bits per heavy atom. The number of hydrogen-bond donors (Lipinski definition) is 0. The van der Waals surface area contributed by atoms with Crippen molar-refractivity contribution >= 4 is 23.1 Å². The largest absolute Gasteiger partial charge is 2.00 e. The Hall–Kier alpha value is 0.586. The van der Waals surface area contributed by atoms with Crippen LogP contribution in [0.2, 0.25) is 0 Å². The van der Waals surface area contributed by atoms with Gasteiger partial charge in [0, 0.05) is 0 Å². The minimum Gasteiger partial charge on any atom is -1.00 e. The molecule has 0 aliphatic carbocycles. The van der Waals surface area contributed by atoms with Crippen LogP contribution in [0.1, 0.15) is 31.9 Å². The van der Waals surface area contributed by atoms with Crippen LogP contribution in [-0.2, 0) is 5.41 Å². The fourth-order valence-corrected chi connectivity index (χ4v) is 1.25. The third-order valence-corrected chi connectivity index (χ3v) is 1.83. The molecule has 0 aliphatic heterocycles. The fourth-order valence-electron chi connectivity index (χ4n) is 1.25. The molecule has 0 heterocycles. The maximum absolute atomic E-state index is 3.99. The van der Waals surface area contributed by atoms with Crippen molar-refractivity contribution in [1.29, 1.82) is 0 Å². The van der Waals surface area contributed by atoms with Crippen LogP contribution in [0.5, 0.6) is 0 Å². The van der Waals surface area contributed by atoms with E-state index in [1.807, 2.05) is 6.07 Å². The molecule has 0 saturated carbocycles. The van der Waals surface area contributed by atoms with Gasteiger partial charge in [0.1, 0.15) is 0 Å². The van der Waals surface area contributed by atoms with Crippen molar-refractivity contribution in [2.45, 2.75) is 26.2 Å². The van der Waals surface area contributed by atoms with Crippen molar-refractivity contribution in [3.05, 3.63) is 42.3 Å². The van der Waals surface area contributed by atoms with Gasteiger partial charge in [0.05, 0.1) is 0 Å². The third-order valence-electron chi connectivity index (χ3n) is 1.83. The maximum atomic E-state index is 3.99. The Morgan fingerprint density at radius 3 is 1.85 bits per heavy atom. The Kier molecular flexibility index (Phi) is 7.57. The van der Waals surface area contributed by atoms with Crippen LogP contribution in [0.25, 0.3) is 0 Å². The maximum Gasteiger partial charge on any atom is 2.00 e. The summed E-state index contributed by atoms with van der Waals surface area (Å²) in [6, 6.07) is 8.29. The summed E-state index contributed by atoms with van der Waals surface area (Å²) in [5.41, 5.74) is 2.69. The van der Waals surface area contributed by atoms with E-state index in [4.69, 9.17) is 0 Å². The topological polar surface area (TPSA) is 0 Å². The summed E-state index contributed by atoms with van der Waals surface area (Å²) in [7, 11) is 0. The zero-order valence-corrected chi connectivity index (χ0v) is 12.2. The molecule has 0 bridgehead atoms. The smallest absolute Gasteiger partial charge is 1.00 e. The first-order valence-electron chi connectivity index (χ1n) is 3.93. The van der Waals surface area contributed by atoms with Crippen LogP contribution in [-0.4, -0.2) is 23.1 Å². The molecule has 0 amide bonds. The monoisotopic (exact) mass is 298 g/mol. The molecule has 0 saturated heterocycles. The summed E-state index contributed by atoms with van der Waals surface area (Å²) in [5.74, 6) is 0. The second-order valence-electron chi connectivity index (χ2n) is 3.91. The first-order chi connectivity index (χ1) is 5.02. The predicted octanol–water partition coefficient (Wildman–Crippen LogP) is -0.211. The first-order valence-corrected chi connectivity index (χ1v) is 3.93. The van der Waals surface area contributed by atoms with E-state index in [-0.39, 0.29) is 52.4 Å². The van der Waals surface area contributed by atoms with E-state index in [0.29, 0.717) is 0 Å². The molecule has 0 radical (unpaired) electrons. The first kappa shape index (κ1) is 16.0. The Bertz CT molecular complexity index is 251. The van der Waals surface area contributed by atoms with Crippen molar-refractivity contribution in [1.82, 2.24) is 0 Å². The molecule has 1 aromatic carbocycles. The van der Waals surface area contributed by atoms with Gasteiger partial charge < -0.3 is 24.0 Å². The molecular formula is C11H15IMg. The van der Waals surface area contributed by atoms with Gasteiger partial charge in [-0.1, -0.05) is 32.3 Å². The molecule has 68 valence electrons. The molecule has 13 heavy (non-hydrogen) atoms. The van der Waals surface area contributed by atoms with Crippen molar-refractivity contribution in [2.75, 3.05) is 0 Å². The zero-order valence-electron chi connectivity index (χ0n) is 8.60. The minimum atomic E-state index is 0. The molecular weight excluding hydrogens is 283 g/mol. The molecule has 0 fully saturated rings. The molecule has 1 rings (SSSR count). The summed E-state index contributed by atoms with van der Waals surface area (Å²) in [6.07, 6.45) is 0. The number of rotatable bonds is 0. The Morgan fingerprint density at radius 2 is 1.54 bits per heavy atom. The SMILES string of the molecule is [CH2-]c1ccccc1C(C)(C)C.[I-].[Mg+2]. The summed E-state index contributed by atoms with van der Waals surface area (Å²) >= 11 is 0. The fraction of sp³-hybridized carbons (Fsp3) is 0.364. The van der Waals surface area contributed by atoms with Crippen LogP contribution in [0, 0.1) is 6.92 Å². The van der Waals surface area contributed by atoms with E-state index in [9.17, 15) is 0 Å². The molecule has 0 N–H and O–H groups in total. The quantitative estimate of drug-likeness (QED) is 0.353. The molecule has 0 spiro atoms. The van der Waals surface area contributed by atoms with E-state index in [1.165, 1.54) is 5.56 Å². The van der Waals surface area contributed by atoms with Gasteiger partial charge in [-0.3, -0.25) is 0 Å². The van der Waals surface area contributed by atoms with Crippen molar-refractivity contribution in [3.63, 3.8) is 0 Å². The molecule has 0 aromatic heterocycles. The molecule has 0 atom stereocenters. The minimum absolute atomic E-state index is 0. The molecule has 0 unspecified atom stereocenters. The van der Waals surface area contributed by atoms with Gasteiger partial charge in [0.15, 0.2) is 0 Å². The number of halogens is 1. The van der Waals surface area contributed by atoms with Crippen molar-refractivity contribution < 1.29 is 24.0 Å². The van der Waals surface area contributed by atoms with Gasteiger partial charge in [-0.25, -0.2) is 0 Å². The van der Waals surface area contributed by atoms with Crippen LogP contribution < -0.4 is 24.0 Å². The average Bonchev–Trinajstić information content (AvgIpc) is 1.86. The zero-order chi connectivity index (χ0) is 8.48. The molecule has 2 heteroatoms. The van der Waals surface area contributed by atoms with E-state index >= 15 is 0 Å². The molecule has 1 aromatic rings. The van der Waals surface area contributed by atoms with E-state index in [1.54, 1.807) is 0 Å². The van der Waals surface area contributed by atoms with Crippen LogP contribution in [0.3, 0.4) is 0 Å². The van der Waals surface area contributed by atoms with E-state index in [0.717, 1.165) is 5.56 Å². The second-order valence-corrected chi connectivity index (χ2v) is 3.91. The van der Waals surface area contributed by atoms with Crippen molar-refractivity contribution in [3.8, 4) is 0 Å². The Balaban J connectivity index is 0. The summed E-state index contributed by atoms with van der Waals surface area (Å²) < 4.78 is 0. The van der Waals surface area contributed by atoms with Gasteiger partial charge in [-0.15, -0.1) is 17.7 Å². The average molecular weight is 298 g/mol. The van der Waals surface area contributed by atoms with Crippen molar-refractivity contribution in [2.24, 2.45) is 0 Å². The van der Waals surface area contributed by atoms with Crippen LogP contribution >= 0.6 is 0 Å².